The van der Waals surface area contributed by atoms with Gasteiger partial charge in [-0.3, -0.25) is 4.79 Å². The average Bonchev–Trinajstić information content (AvgIpc) is 2.48. The average molecular weight is 276 g/mol. The van der Waals surface area contributed by atoms with Crippen LogP contribution in [0, 0.1) is 0 Å². The van der Waals surface area contributed by atoms with Crippen molar-refractivity contribution in [1.29, 1.82) is 0 Å². The van der Waals surface area contributed by atoms with E-state index >= 15 is 0 Å². The second kappa shape index (κ2) is 8.05. The first kappa shape index (κ1) is 15.0. The van der Waals surface area contributed by atoms with Crippen molar-refractivity contribution in [1.82, 2.24) is 0 Å². The lowest BCUT2D eigenvalue weighted by Gasteiger charge is -2.21. The van der Waals surface area contributed by atoms with Gasteiger partial charge in [-0.1, -0.05) is 12.1 Å². The maximum absolute atomic E-state index is 11.9. The van der Waals surface area contributed by atoms with Crippen molar-refractivity contribution in [3.63, 3.8) is 0 Å². The van der Waals surface area contributed by atoms with E-state index in [-0.39, 0.29) is 6.10 Å². The van der Waals surface area contributed by atoms with Gasteiger partial charge in [0.05, 0.1) is 12.7 Å². The minimum Gasteiger partial charge on any atom is -0.494 e. The molecule has 0 spiro atoms. The number of ether oxygens (including phenoxy) is 2. The van der Waals surface area contributed by atoms with Crippen LogP contribution in [0.25, 0.3) is 0 Å². The first-order valence-corrected chi connectivity index (χ1v) is 7.63. The lowest BCUT2D eigenvalue weighted by Crippen LogP contribution is -2.22. The van der Waals surface area contributed by atoms with Gasteiger partial charge in [0.15, 0.2) is 0 Å². The van der Waals surface area contributed by atoms with Gasteiger partial charge >= 0.3 is 0 Å². The second-order valence-corrected chi connectivity index (χ2v) is 5.31. The topological polar surface area (TPSA) is 35.5 Å². The Bertz CT molecular complexity index is 405. The van der Waals surface area contributed by atoms with Crippen LogP contribution in [-0.4, -0.2) is 25.1 Å². The molecule has 1 aromatic carbocycles. The fourth-order valence-corrected chi connectivity index (χ4v) is 2.53. The summed E-state index contributed by atoms with van der Waals surface area (Å²) in [4.78, 5) is 11.9. The molecule has 3 heteroatoms. The maximum Gasteiger partial charge on any atom is 0.135 e. The molecule has 0 radical (unpaired) electrons. The number of benzene rings is 1. The van der Waals surface area contributed by atoms with Gasteiger partial charge in [0.2, 0.25) is 0 Å². The van der Waals surface area contributed by atoms with Crippen LogP contribution >= 0.6 is 0 Å². The van der Waals surface area contributed by atoms with E-state index in [0.29, 0.717) is 25.2 Å². The Labute approximate surface area is 121 Å². The molecule has 0 amide bonds. The molecule has 3 nitrogen and oxygen atoms in total. The molecule has 1 fully saturated rings. The Morgan fingerprint density at radius 1 is 1.30 bits per heavy atom. The Morgan fingerprint density at radius 3 is 2.75 bits per heavy atom. The van der Waals surface area contributed by atoms with Gasteiger partial charge < -0.3 is 9.47 Å². The highest BCUT2D eigenvalue weighted by molar-refractivity contribution is 5.79. The minimum atomic E-state index is 0.164. The zero-order valence-electron chi connectivity index (χ0n) is 12.3. The van der Waals surface area contributed by atoms with Crippen molar-refractivity contribution < 1.29 is 14.3 Å². The summed E-state index contributed by atoms with van der Waals surface area (Å²) in [5.74, 6) is 1.20. The van der Waals surface area contributed by atoms with E-state index < -0.39 is 0 Å². The molecule has 2 rings (SSSR count). The number of ketones is 1. The van der Waals surface area contributed by atoms with Gasteiger partial charge in [-0.2, -0.15) is 0 Å². The van der Waals surface area contributed by atoms with Crippen molar-refractivity contribution in [2.75, 3.05) is 13.2 Å². The standard InChI is InChI=1S/C17H24O3/c1-2-19-16-10-7-14(8-11-16)6-9-15(18)13-17-5-3-4-12-20-17/h7-8,10-11,17H,2-6,9,12-13H2,1H3. The van der Waals surface area contributed by atoms with Crippen LogP contribution in [0.2, 0.25) is 0 Å². The summed E-state index contributed by atoms with van der Waals surface area (Å²) in [7, 11) is 0. The number of hydrogen-bond acceptors (Lipinski definition) is 3. The Morgan fingerprint density at radius 2 is 2.10 bits per heavy atom. The van der Waals surface area contributed by atoms with Crippen LogP contribution in [0.4, 0.5) is 0 Å². The largest absolute Gasteiger partial charge is 0.494 e. The van der Waals surface area contributed by atoms with Crippen LogP contribution in [0.3, 0.4) is 0 Å². The van der Waals surface area contributed by atoms with Crippen molar-refractivity contribution in [3.05, 3.63) is 29.8 Å². The summed E-state index contributed by atoms with van der Waals surface area (Å²) in [5.41, 5.74) is 1.19. The van der Waals surface area contributed by atoms with Gasteiger partial charge in [-0.25, -0.2) is 0 Å². The number of Topliss-reactive ketones (excluding diaryl/α,β-unsaturated/α-hetero) is 1. The van der Waals surface area contributed by atoms with E-state index in [1.54, 1.807) is 0 Å². The summed E-state index contributed by atoms with van der Waals surface area (Å²) in [6, 6.07) is 8.01. The van der Waals surface area contributed by atoms with Gasteiger partial charge in [-0.05, 0) is 50.3 Å². The number of carbonyl (C=O) groups excluding carboxylic acids is 1. The molecule has 1 aromatic rings. The molecule has 1 saturated heterocycles. The molecular formula is C17H24O3. The van der Waals surface area contributed by atoms with E-state index in [1.165, 1.54) is 12.0 Å². The molecular weight excluding hydrogens is 252 g/mol. The molecule has 0 aromatic heterocycles. The van der Waals surface area contributed by atoms with Crippen LogP contribution in [0.1, 0.15) is 44.6 Å². The van der Waals surface area contributed by atoms with Gasteiger partial charge in [0.25, 0.3) is 0 Å². The van der Waals surface area contributed by atoms with Crippen molar-refractivity contribution in [2.24, 2.45) is 0 Å². The zero-order valence-corrected chi connectivity index (χ0v) is 12.3. The van der Waals surface area contributed by atoms with E-state index in [1.807, 2.05) is 31.2 Å². The Hall–Kier alpha value is -1.35. The lowest BCUT2D eigenvalue weighted by atomic mass is 10.00. The van der Waals surface area contributed by atoms with E-state index in [4.69, 9.17) is 9.47 Å². The summed E-state index contributed by atoms with van der Waals surface area (Å²) in [5, 5.41) is 0. The highest BCUT2D eigenvalue weighted by Gasteiger charge is 2.17. The second-order valence-electron chi connectivity index (χ2n) is 5.31. The van der Waals surface area contributed by atoms with E-state index in [0.717, 1.165) is 31.6 Å². The molecule has 1 atom stereocenters. The third-order valence-electron chi connectivity index (χ3n) is 3.66. The summed E-state index contributed by atoms with van der Waals surface area (Å²) < 4.78 is 11.0. The quantitative estimate of drug-likeness (QED) is 0.764. The lowest BCUT2D eigenvalue weighted by molar-refractivity contribution is -0.122. The predicted octanol–water partition coefficient (Wildman–Crippen LogP) is 3.55. The van der Waals surface area contributed by atoms with Crippen LogP contribution < -0.4 is 4.74 Å². The third-order valence-corrected chi connectivity index (χ3v) is 3.66. The monoisotopic (exact) mass is 276 g/mol. The van der Waals surface area contributed by atoms with E-state index in [9.17, 15) is 4.79 Å². The first-order valence-electron chi connectivity index (χ1n) is 7.63. The number of rotatable bonds is 7. The molecule has 0 N–H and O–H groups in total. The summed E-state index contributed by atoms with van der Waals surface area (Å²) >= 11 is 0. The molecule has 0 bridgehead atoms. The summed E-state index contributed by atoms with van der Waals surface area (Å²) in [6.45, 7) is 3.47. The van der Waals surface area contributed by atoms with Crippen LogP contribution in [0.5, 0.6) is 5.75 Å². The SMILES string of the molecule is CCOc1ccc(CCC(=O)CC2CCCCO2)cc1. The van der Waals surface area contributed by atoms with Crippen LogP contribution in [0.15, 0.2) is 24.3 Å². The third kappa shape index (κ3) is 4.97. The smallest absolute Gasteiger partial charge is 0.135 e. The Kier molecular flexibility index (Phi) is 6.06. The normalized spacial score (nSPS) is 18.8. The Balaban J connectivity index is 1.72. The maximum atomic E-state index is 11.9. The fourth-order valence-electron chi connectivity index (χ4n) is 2.53. The summed E-state index contributed by atoms with van der Waals surface area (Å²) in [6.07, 6.45) is 5.52. The number of hydrogen-bond donors (Lipinski definition) is 0. The molecule has 20 heavy (non-hydrogen) atoms. The molecule has 110 valence electrons. The first-order chi connectivity index (χ1) is 9.78. The van der Waals surface area contributed by atoms with Crippen LogP contribution in [-0.2, 0) is 16.0 Å². The predicted molar refractivity (Wildman–Crippen MR) is 79.1 cm³/mol. The molecule has 0 saturated carbocycles. The van der Waals surface area contributed by atoms with Crippen molar-refractivity contribution >= 4 is 5.78 Å². The van der Waals surface area contributed by atoms with Gasteiger partial charge in [0, 0.05) is 19.4 Å². The van der Waals surface area contributed by atoms with E-state index in [2.05, 4.69) is 0 Å². The van der Waals surface area contributed by atoms with Gasteiger partial charge in [-0.15, -0.1) is 0 Å². The fraction of sp³-hybridized carbons (Fsp3) is 0.588. The van der Waals surface area contributed by atoms with Gasteiger partial charge in [0.1, 0.15) is 11.5 Å². The molecule has 1 aliphatic rings. The molecule has 1 heterocycles. The highest BCUT2D eigenvalue weighted by Crippen LogP contribution is 2.18. The minimum absolute atomic E-state index is 0.164. The van der Waals surface area contributed by atoms with Crippen molar-refractivity contribution in [3.8, 4) is 5.75 Å². The number of carbonyl (C=O) groups is 1. The molecule has 1 aliphatic heterocycles. The molecule has 0 aliphatic carbocycles. The molecule has 1 unspecified atom stereocenters. The highest BCUT2D eigenvalue weighted by atomic mass is 16.5. The van der Waals surface area contributed by atoms with Crippen molar-refractivity contribution in [2.45, 2.75) is 51.6 Å². The zero-order chi connectivity index (χ0) is 14.2. The number of aryl methyl sites for hydroxylation is 1.